The molecular formula is C24H30N8. The first kappa shape index (κ1) is 20.6. The first-order chi connectivity index (χ1) is 15.7. The highest BCUT2D eigenvalue weighted by Crippen LogP contribution is 2.31. The number of hydrogen-bond donors (Lipinski definition) is 3. The summed E-state index contributed by atoms with van der Waals surface area (Å²) in [5, 5.41) is 12.4. The normalized spacial score (nSPS) is 14.8. The Hall–Kier alpha value is -3.26. The molecule has 8 nitrogen and oxygen atoms in total. The van der Waals surface area contributed by atoms with Gasteiger partial charge in [0, 0.05) is 47.8 Å². The van der Waals surface area contributed by atoms with Gasteiger partial charge in [0.2, 0.25) is 5.95 Å². The molecule has 8 heteroatoms. The van der Waals surface area contributed by atoms with Crippen molar-refractivity contribution < 1.29 is 0 Å². The van der Waals surface area contributed by atoms with Gasteiger partial charge in [0.05, 0.1) is 17.4 Å². The second-order valence-electron chi connectivity index (χ2n) is 8.41. The molecule has 1 aliphatic heterocycles. The number of anilines is 1. The van der Waals surface area contributed by atoms with E-state index < -0.39 is 0 Å². The fourth-order valence-electron chi connectivity index (χ4n) is 4.36. The predicted molar refractivity (Wildman–Crippen MR) is 128 cm³/mol. The Morgan fingerprint density at radius 1 is 1.16 bits per heavy atom. The van der Waals surface area contributed by atoms with Gasteiger partial charge >= 0.3 is 0 Å². The van der Waals surface area contributed by atoms with Crippen LogP contribution in [0.4, 0.5) is 5.95 Å². The molecule has 3 N–H and O–H groups in total. The predicted octanol–water partition coefficient (Wildman–Crippen LogP) is 4.19. The number of nitrogens with one attached hydrogen (secondary N) is 3. The Labute approximate surface area is 187 Å². The Kier molecular flexibility index (Phi) is 5.85. The van der Waals surface area contributed by atoms with E-state index in [4.69, 9.17) is 10.1 Å². The third-order valence-corrected chi connectivity index (χ3v) is 6.18. The molecule has 4 aromatic heterocycles. The van der Waals surface area contributed by atoms with Gasteiger partial charge in [0.1, 0.15) is 5.65 Å². The van der Waals surface area contributed by atoms with Crippen molar-refractivity contribution in [3.8, 4) is 22.5 Å². The number of H-pyrrole nitrogens is 1. The Balaban J connectivity index is 1.50. The van der Waals surface area contributed by atoms with Crippen LogP contribution >= 0.6 is 0 Å². The maximum Gasteiger partial charge on any atom is 0.223 e. The van der Waals surface area contributed by atoms with Gasteiger partial charge in [-0.25, -0.2) is 15.0 Å². The molecule has 5 rings (SSSR count). The van der Waals surface area contributed by atoms with Gasteiger partial charge in [-0.2, -0.15) is 5.10 Å². The van der Waals surface area contributed by atoms with Crippen LogP contribution in [0.2, 0.25) is 0 Å². The second kappa shape index (κ2) is 9.08. The number of rotatable bonds is 7. The van der Waals surface area contributed by atoms with Crippen LogP contribution < -0.4 is 10.6 Å². The van der Waals surface area contributed by atoms with Crippen LogP contribution in [0.5, 0.6) is 0 Å². The number of aromatic nitrogens is 6. The first-order valence-corrected chi connectivity index (χ1v) is 11.5. The lowest BCUT2D eigenvalue weighted by Crippen LogP contribution is -2.29. The van der Waals surface area contributed by atoms with Crippen LogP contribution in [0.15, 0.2) is 36.8 Å². The number of fused-ring (bicyclic) bond motifs is 1. The molecular weight excluding hydrogens is 400 g/mol. The lowest BCUT2D eigenvalue weighted by atomic mass is 10.1. The molecule has 1 fully saturated rings. The molecule has 0 bridgehead atoms. The molecule has 1 saturated heterocycles. The zero-order valence-electron chi connectivity index (χ0n) is 18.7. The van der Waals surface area contributed by atoms with E-state index in [0.29, 0.717) is 12.0 Å². The van der Waals surface area contributed by atoms with E-state index in [-0.39, 0.29) is 0 Å². The summed E-state index contributed by atoms with van der Waals surface area (Å²) in [5.41, 5.74) is 5.80. The number of pyridine rings is 1. The van der Waals surface area contributed by atoms with E-state index in [9.17, 15) is 0 Å². The minimum absolute atomic E-state index is 0.465. The highest BCUT2D eigenvalue weighted by molar-refractivity contribution is 5.94. The standard InChI is InChI=1S/C24H30N8/c1-3-4-5-17-13-22(30-24(25-2)29-17)20-15-28-23-19(20)12-16(14-27-23)21-8-11-32(31-21)18-6-9-26-10-7-18/h8,11-15,18,26H,3-7,9-10H2,1-2H3,(H,27,28)(H,25,29,30). The second-order valence-corrected chi connectivity index (χ2v) is 8.41. The molecule has 0 saturated carbocycles. The summed E-state index contributed by atoms with van der Waals surface area (Å²) < 4.78 is 2.11. The van der Waals surface area contributed by atoms with E-state index in [2.05, 4.69) is 61.6 Å². The van der Waals surface area contributed by atoms with E-state index >= 15 is 0 Å². The molecule has 0 aromatic carbocycles. The van der Waals surface area contributed by atoms with Crippen molar-refractivity contribution in [1.29, 1.82) is 0 Å². The zero-order valence-corrected chi connectivity index (χ0v) is 18.7. The molecule has 0 amide bonds. The average Bonchev–Trinajstić information content (AvgIpc) is 3.50. The van der Waals surface area contributed by atoms with Gasteiger partial charge in [0.15, 0.2) is 0 Å². The number of unbranched alkanes of at least 4 members (excludes halogenated alkanes) is 1. The number of piperidine rings is 1. The van der Waals surface area contributed by atoms with Crippen LogP contribution in [0.3, 0.4) is 0 Å². The Morgan fingerprint density at radius 2 is 2.03 bits per heavy atom. The SMILES string of the molecule is CCCCc1cc(-c2c[nH]c3ncc(-c4ccn(C5CCNCC5)n4)cc23)nc(NC)n1. The minimum atomic E-state index is 0.465. The Bertz CT molecular complexity index is 1200. The topological polar surface area (TPSA) is 96.3 Å². The van der Waals surface area contributed by atoms with Crippen molar-refractivity contribution in [3.05, 3.63) is 42.5 Å². The molecule has 0 unspecified atom stereocenters. The summed E-state index contributed by atoms with van der Waals surface area (Å²) in [6.45, 7) is 4.29. The number of aromatic amines is 1. The maximum atomic E-state index is 4.88. The van der Waals surface area contributed by atoms with Crippen molar-refractivity contribution in [2.24, 2.45) is 0 Å². The van der Waals surface area contributed by atoms with Crippen molar-refractivity contribution in [2.75, 3.05) is 25.5 Å². The molecule has 0 radical (unpaired) electrons. The summed E-state index contributed by atoms with van der Waals surface area (Å²) in [4.78, 5) is 17.3. The molecule has 32 heavy (non-hydrogen) atoms. The lowest BCUT2D eigenvalue weighted by Gasteiger charge is -2.22. The summed E-state index contributed by atoms with van der Waals surface area (Å²) in [6.07, 6.45) is 11.4. The molecule has 0 atom stereocenters. The highest BCUT2D eigenvalue weighted by Gasteiger charge is 2.17. The van der Waals surface area contributed by atoms with Crippen molar-refractivity contribution >= 4 is 17.0 Å². The van der Waals surface area contributed by atoms with E-state index in [1.807, 2.05) is 19.4 Å². The van der Waals surface area contributed by atoms with Crippen molar-refractivity contribution in [1.82, 2.24) is 35.0 Å². The molecule has 4 aromatic rings. The molecule has 5 heterocycles. The molecule has 0 aliphatic carbocycles. The monoisotopic (exact) mass is 430 g/mol. The smallest absolute Gasteiger partial charge is 0.223 e. The molecule has 0 spiro atoms. The number of hydrogen-bond acceptors (Lipinski definition) is 6. The third-order valence-electron chi connectivity index (χ3n) is 6.18. The maximum absolute atomic E-state index is 4.88. The van der Waals surface area contributed by atoms with E-state index in [1.54, 1.807) is 0 Å². The van der Waals surface area contributed by atoms with Crippen LogP contribution in [-0.2, 0) is 6.42 Å². The largest absolute Gasteiger partial charge is 0.357 e. The summed E-state index contributed by atoms with van der Waals surface area (Å²) in [6, 6.07) is 6.81. The van der Waals surface area contributed by atoms with Gasteiger partial charge in [-0.05, 0) is 57.0 Å². The van der Waals surface area contributed by atoms with Crippen molar-refractivity contribution in [2.45, 2.75) is 45.1 Å². The average molecular weight is 431 g/mol. The number of aryl methyl sites for hydroxylation is 1. The zero-order chi connectivity index (χ0) is 21.9. The Morgan fingerprint density at radius 3 is 2.84 bits per heavy atom. The van der Waals surface area contributed by atoms with Crippen LogP contribution in [0.25, 0.3) is 33.5 Å². The minimum Gasteiger partial charge on any atom is -0.357 e. The van der Waals surface area contributed by atoms with Gasteiger partial charge < -0.3 is 15.6 Å². The van der Waals surface area contributed by atoms with Gasteiger partial charge in [0.25, 0.3) is 0 Å². The fraction of sp³-hybridized carbons (Fsp3) is 0.417. The van der Waals surface area contributed by atoms with Crippen LogP contribution in [-0.4, -0.2) is 49.9 Å². The van der Waals surface area contributed by atoms with E-state index in [1.165, 1.54) is 0 Å². The van der Waals surface area contributed by atoms with Gasteiger partial charge in [-0.3, -0.25) is 4.68 Å². The first-order valence-electron chi connectivity index (χ1n) is 11.5. The summed E-state index contributed by atoms with van der Waals surface area (Å²) in [7, 11) is 1.86. The lowest BCUT2D eigenvalue weighted by molar-refractivity contribution is 0.343. The van der Waals surface area contributed by atoms with E-state index in [0.717, 1.165) is 84.4 Å². The third kappa shape index (κ3) is 4.10. The fourth-order valence-corrected chi connectivity index (χ4v) is 4.36. The van der Waals surface area contributed by atoms with Crippen LogP contribution in [0, 0.1) is 0 Å². The highest BCUT2D eigenvalue weighted by atomic mass is 15.3. The molecule has 1 aliphatic rings. The van der Waals surface area contributed by atoms with Crippen LogP contribution in [0.1, 0.15) is 44.3 Å². The van der Waals surface area contributed by atoms with Gasteiger partial charge in [-0.15, -0.1) is 0 Å². The van der Waals surface area contributed by atoms with Gasteiger partial charge in [-0.1, -0.05) is 13.3 Å². The van der Waals surface area contributed by atoms with Crippen molar-refractivity contribution in [3.63, 3.8) is 0 Å². The summed E-state index contributed by atoms with van der Waals surface area (Å²) in [5.74, 6) is 0.646. The number of nitrogens with zero attached hydrogens (tertiary/aromatic N) is 5. The quantitative estimate of drug-likeness (QED) is 0.407. The molecule has 166 valence electrons. The summed E-state index contributed by atoms with van der Waals surface area (Å²) >= 11 is 0.